The molecule has 122 valence electrons. The standard InChI is InChI=1S/C17H32N2O2/c1-12(2)14-8-6-7-9-15(14)18-13-10-19(11-13)16(20)21-17(3,4)5/h12-15,18H,6-11H2,1-5H3. The highest BCUT2D eigenvalue weighted by Gasteiger charge is 2.37. The molecule has 1 amide bonds. The molecule has 0 spiro atoms. The van der Waals surface area contributed by atoms with Gasteiger partial charge in [0.2, 0.25) is 0 Å². The Hall–Kier alpha value is -0.770. The van der Waals surface area contributed by atoms with Crippen molar-refractivity contribution >= 4 is 6.09 Å². The first kappa shape index (κ1) is 16.6. The van der Waals surface area contributed by atoms with Crippen molar-refractivity contribution in [3.63, 3.8) is 0 Å². The van der Waals surface area contributed by atoms with Gasteiger partial charge in [0.05, 0.1) is 0 Å². The van der Waals surface area contributed by atoms with Gasteiger partial charge >= 0.3 is 6.09 Å². The lowest BCUT2D eigenvalue weighted by molar-refractivity contribution is 0.00194. The van der Waals surface area contributed by atoms with E-state index >= 15 is 0 Å². The van der Waals surface area contributed by atoms with Crippen LogP contribution in [0.1, 0.15) is 60.3 Å². The van der Waals surface area contributed by atoms with Crippen molar-refractivity contribution in [3.05, 3.63) is 0 Å². The Morgan fingerprint density at radius 2 is 1.81 bits per heavy atom. The summed E-state index contributed by atoms with van der Waals surface area (Å²) >= 11 is 0. The lowest BCUT2D eigenvalue weighted by Crippen LogP contribution is -2.63. The molecule has 0 aromatic rings. The first-order valence-electron chi connectivity index (χ1n) is 8.50. The van der Waals surface area contributed by atoms with E-state index in [9.17, 15) is 4.79 Å². The summed E-state index contributed by atoms with van der Waals surface area (Å²) in [5.41, 5.74) is -0.401. The summed E-state index contributed by atoms with van der Waals surface area (Å²) in [4.78, 5) is 13.7. The van der Waals surface area contributed by atoms with Gasteiger partial charge in [-0.15, -0.1) is 0 Å². The lowest BCUT2D eigenvalue weighted by Gasteiger charge is -2.44. The molecular weight excluding hydrogens is 264 g/mol. The van der Waals surface area contributed by atoms with Gasteiger partial charge in [0.25, 0.3) is 0 Å². The van der Waals surface area contributed by atoms with Crippen LogP contribution in [-0.2, 0) is 4.74 Å². The van der Waals surface area contributed by atoms with Gasteiger partial charge in [0.1, 0.15) is 5.60 Å². The number of nitrogens with zero attached hydrogens (tertiary/aromatic N) is 1. The van der Waals surface area contributed by atoms with Gasteiger partial charge in [-0.2, -0.15) is 0 Å². The second kappa shape index (κ2) is 6.55. The van der Waals surface area contributed by atoms with E-state index in [0.29, 0.717) is 12.1 Å². The smallest absolute Gasteiger partial charge is 0.410 e. The third kappa shape index (κ3) is 4.60. The maximum absolute atomic E-state index is 11.9. The molecule has 1 saturated carbocycles. The van der Waals surface area contributed by atoms with Crippen LogP contribution < -0.4 is 5.32 Å². The first-order chi connectivity index (χ1) is 9.76. The Kier molecular flexibility index (Phi) is 5.18. The van der Waals surface area contributed by atoms with Gasteiger partial charge in [0.15, 0.2) is 0 Å². The second-order valence-electron chi connectivity index (χ2n) is 8.05. The van der Waals surface area contributed by atoms with E-state index in [1.54, 1.807) is 4.90 Å². The van der Waals surface area contributed by atoms with Crippen LogP contribution in [0.5, 0.6) is 0 Å². The molecule has 4 heteroatoms. The SMILES string of the molecule is CC(C)C1CCCCC1NC1CN(C(=O)OC(C)(C)C)C1. The highest BCUT2D eigenvalue weighted by molar-refractivity contribution is 5.69. The zero-order valence-electron chi connectivity index (χ0n) is 14.3. The summed E-state index contributed by atoms with van der Waals surface area (Å²) in [6, 6.07) is 1.08. The van der Waals surface area contributed by atoms with E-state index in [4.69, 9.17) is 4.74 Å². The Labute approximate surface area is 129 Å². The van der Waals surface area contributed by atoms with E-state index < -0.39 is 5.60 Å². The zero-order chi connectivity index (χ0) is 15.6. The topological polar surface area (TPSA) is 41.6 Å². The maximum atomic E-state index is 11.9. The molecule has 2 aliphatic rings. The fraction of sp³-hybridized carbons (Fsp3) is 0.941. The monoisotopic (exact) mass is 296 g/mol. The normalized spacial score (nSPS) is 27.6. The van der Waals surface area contributed by atoms with Crippen LogP contribution in [0.25, 0.3) is 0 Å². The van der Waals surface area contributed by atoms with Crippen molar-refractivity contribution < 1.29 is 9.53 Å². The van der Waals surface area contributed by atoms with Crippen molar-refractivity contribution in [3.8, 4) is 0 Å². The molecule has 0 aromatic heterocycles. The Balaban J connectivity index is 1.75. The van der Waals surface area contributed by atoms with Gasteiger partial charge in [-0.3, -0.25) is 0 Å². The first-order valence-corrected chi connectivity index (χ1v) is 8.50. The molecule has 2 fully saturated rings. The number of carbonyl (C=O) groups is 1. The molecule has 0 bridgehead atoms. The molecule has 21 heavy (non-hydrogen) atoms. The molecule has 1 saturated heterocycles. The molecule has 1 aliphatic heterocycles. The molecule has 2 unspecified atom stereocenters. The number of rotatable bonds is 3. The minimum atomic E-state index is -0.401. The molecule has 2 atom stereocenters. The molecular formula is C17H32N2O2. The van der Waals surface area contributed by atoms with Crippen LogP contribution in [-0.4, -0.2) is 41.8 Å². The Morgan fingerprint density at radius 1 is 1.19 bits per heavy atom. The fourth-order valence-electron chi connectivity index (χ4n) is 3.53. The van der Waals surface area contributed by atoms with E-state index in [1.807, 2.05) is 20.8 Å². The highest BCUT2D eigenvalue weighted by Crippen LogP contribution is 2.31. The number of ether oxygens (including phenoxy) is 1. The Bertz CT molecular complexity index is 356. The summed E-state index contributed by atoms with van der Waals surface area (Å²) in [5, 5.41) is 3.78. The molecule has 1 aliphatic carbocycles. The minimum Gasteiger partial charge on any atom is -0.444 e. The zero-order valence-corrected chi connectivity index (χ0v) is 14.3. The third-order valence-corrected chi connectivity index (χ3v) is 4.66. The molecule has 2 rings (SSSR count). The second-order valence-corrected chi connectivity index (χ2v) is 8.05. The number of hydrogen-bond donors (Lipinski definition) is 1. The van der Waals surface area contributed by atoms with Crippen LogP contribution in [0.15, 0.2) is 0 Å². The van der Waals surface area contributed by atoms with Gasteiger partial charge in [-0.25, -0.2) is 4.79 Å². The predicted octanol–water partition coefficient (Wildman–Crippen LogP) is 3.41. The molecule has 4 nitrogen and oxygen atoms in total. The van der Waals surface area contributed by atoms with Crippen LogP contribution in [0, 0.1) is 11.8 Å². The molecule has 1 N–H and O–H groups in total. The van der Waals surface area contributed by atoms with Gasteiger partial charge < -0.3 is 15.0 Å². The number of likely N-dealkylation sites (tertiary alicyclic amines) is 1. The van der Waals surface area contributed by atoms with E-state index in [0.717, 1.165) is 24.9 Å². The fourth-order valence-corrected chi connectivity index (χ4v) is 3.53. The van der Waals surface area contributed by atoms with Crippen LogP contribution in [0.2, 0.25) is 0 Å². The lowest BCUT2D eigenvalue weighted by atomic mass is 9.77. The number of hydrogen-bond acceptors (Lipinski definition) is 3. The minimum absolute atomic E-state index is 0.176. The van der Waals surface area contributed by atoms with Gasteiger partial charge in [-0.05, 0) is 45.4 Å². The molecule has 0 aromatic carbocycles. The van der Waals surface area contributed by atoms with Crippen LogP contribution in [0.3, 0.4) is 0 Å². The van der Waals surface area contributed by atoms with Crippen molar-refractivity contribution in [1.82, 2.24) is 10.2 Å². The van der Waals surface area contributed by atoms with Crippen molar-refractivity contribution in [2.45, 2.75) is 78.0 Å². The molecule has 1 heterocycles. The summed E-state index contributed by atoms with van der Waals surface area (Å²) in [7, 11) is 0. The summed E-state index contributed by atoms with van der Waals surface area (Å²) in [6.07, 6.45) is 5.16. The predicted molar refractivity (Wildman–Crippen MR) is 85.3 cm³/mol. The van der Waals surface area contributed by atoms with Crippen molar-refractivity contribution in [2.24, 2.45) is 11.8 Å². The summed E-state index contributed by atoms with van der Waals surface area (Å²) in [6.45, 7) is 12.0. The third-order valence-electron chi connectivity index (χ3n) is 4.66. The van der Waals surface area contributed by atoms with E-state index in [1.165, 1.54) is 25.7 Å². The summed E-state index contributed by atoms with van der Waals surface area (Å²) < 4.78 is 5.40. The quantitative estimate of drug-likeness (QED) is 0.867. The van der Waals surface area contributed by atoms with E-state index in [-0.39, 0.29) is 6.09 Å². The average Bonchev–Trinajstić information content (AvgIpc) is 2.31. The van der Waals surface area contributed by atoms with Gasteiger partial charge in [0, 0.05) is 25.2 Å². The van der Waals surface area contributed by atoms with Gasteiger partial charge in [-0.1, -0.05) is 26.7 Å². The maximum Gasteiger partial charge on any atom is 0.410 e. The van der Waals surface area contributed by atoms with Crippen LogP contribution in [0.4, 0.5) is 4.79 Å². The van der Waals surface area contributed by atoms with Crippen LogP contribution >= 0.6 is 0 Å². The Morgan fingerprint density at radius 3 is 2.38 bits per heavy atom. The average molecular weight is 296 g/mol. The van der Waals surface area contributed by atoms with E-state index in [2.05, 4.69) is 19.2 Å². The largest absolute Gasteiger partial charge is 0.444 e. The van der Waals surface area contributed by atoms with Crippen molar-refractivity contribution in [2.75, 3.05) is 13.1 Å². The number of carbonyl (C=O) groups excluding carboxylic acids is 1. The summed E-state index contributed by atoms with van der Waals surface area (Å²) in [5.74, 6) is 1.53. The highest BCUT2D eigenvalue weighted by atomic mass is 16.6. The molecule has 0 radical (unpaired) electrons. The van der Waals surface area contributed by atoms with Crippen molar-refractivity contribution in [1.29, 1.82) is 0 Å². The number of nitrogens with one attached hydrogen (secondary N) is 1. The number of amides is 1.